The lowest BCUT2D eigenvalue weighted by atomic mass is 10.1. The molecule has 5 nitrogen and oxygen atoms in total. The number of carboxylic acids is 1. The first-order valence-electron chi connectivity index (χ1n) is 4.99. The predicted octanol–water partition coefficient (Wildman–Crippen LogP) is 1.87. The Hall–Kier alpha value is -1.27. The third-order valence-electron chi connectivity index (χ3n) is 2.52. The van der Waals surface area contributed by atoms with E-state index in [2.05, 4.69) is 15.9 Å². The van der Waals surface area contributed by atoms with E-state index in [9.17, 15) is 9.90 Å². The van der Waals surface area contributed by atoms with Gasteiger partial charge >= 0.3 is 5.97 Å². The first-order chi connectivity index (χ1) is 8.00. The maximum atomic E-state index is 11.2. The van der Waals surface area contributed by atoms with Crippen LogP contribution in [0, 0.1) is 0 Å². The van der Waals surface area contributed by atoms with E-state index in [-0.39, 0.29) is 6.79 Å². The predicted molar refractivity (Wildman–Crippen MR) is 64.3 cm³/mol. The monoisotopic (exact) mass is 301 g/mol. The molecular formula is C11H12BrNO4. The molecule has 0 bridgehead atoms. The van der Waals surface area contributed by atoms with Gasteiger partial charge in [-0.2, -0.15) is 0 Å². The average molecular weight is 302 g/mol. The molecule has 0 fully saturated rings. The second-order valence-corrected chi connectivity index (χ2v) is 4.80. The Morgan fingerprint density at radius 1 is 1.47 bits per heavy atom. The molecule has 0 aromatic heterocycles. The number of benzene rings is 1. The summed E-state index contributed by atoms with van der Waals surface area (Å²) in [4.78, 5) is 12.9. The number of likely N-dealkylation sites (N-methyl/N-ethyl adjacent to an activating group) is 1. The van der Waals surface area contributed by atoms with Gasteiger partial charge in [0.15, 0.2) is 11.5 Å². The number of hydrogen-bond donors (Lipinski definition) is 1. The molecule has 6 heteroatoms. The Balaban J connectivity index is 2.45. The van der Waals surface area contributed by atoms with Crippen molar-refractivity contribution in [2.75, 3.05) is 20.9 Å². The van der Waals surface area contributed by atoms with E-state index >= 15 is 0 Å². The minimum absolute atomic E-state index is 0.164. The van der Waals surface area contributed by atoms with Crippen molar-refractivity contribution < 1.29 is 19.4 Å². The molecule has 17 heavy (non-hydrogen) atoms. The summed E-state index contributed by atoms with van der Waals surface area (Å²) in [6, 6.07) is 2.74. The van der Waals surface area contributed by atoms with Crippen molar-refractivity contribution in [2.24, 2.45) is 0 Å². The maximum absolute atomic E-state index is 11.2. The van der Waals surface area contributed by atoms with Gasteiger partial charge in [0, 0.05) is 0 Å². The van der Waals surface area contributed by atoms with Crippen LogP contribution < -0.4 is 9.47 Å². The Kier molecular flexibility index (Phi) is 3.26. The van der Waals surface area contributed by atoms with Crippen LogP contribution in [-0.2, 0) is 4.79 Å². The second-order valence-electron chi connectivity index (χ2n) is 3.94. The van der Waals surface area contributed by atoms with E-state index in [1.807, 2.05) is 0 Å². The highest BCUT2D eigenvalue weighted by molar-refractivity contribution is 9.10. The molecule has 2 rings (SSSR count). The van der Waals surface area contributed by atoms with E-state index in [0.29, 0.717) is 21.5 Å². The minimum atomic E-state index is -0.902. The number of halogens is 1. The molecular weight excluding hydrogens is 290 g/mol. The highest BCUT2D eigenvalue weighted by atomic mass is 79.9. The fourth-order valence-electron chi connectivity index (χ4n) is 1.81. The number of rotatable bonds is 3. The minimum Gasteiger partial charge on any atom is -0.480 e. The largest absolute Gasteiger partial charge is 0.480 e. The van der Waals surface area contributed by atoms with Crippen LogP contribution in [-0.4, -0.2) is 36.9 Å². The number of ether oxygens (including phenoxy) is 2. The Morgan fingerprint density at radius 2 is 2.18 bits per heavy atom. The van der Waals surface area contributed by atoms with E-state index in [0.717, 1.165) is 0 Å². The van der Waals surface area contributed by atoms with Crippen molar-refractivity contribution in [3.8, 4) is 11.5 Å². The molecule has 0 amide bonds. The van der Waals surface area contributed by atoms with Crippen molar-refractivity contribution in [1.82, 2.24) is 4.90 Å². The number of aliphatic carboxylic acids is 1. The third kappa shape index (κ3) is 2.23. The fraction of sp³-hybridized carbons (Fsp3) is 0.364. The quantitative estimate of drug-likeness (QED) is 0.923. The van der Waals surface area contributed by atoms with Gasteiger partial charge in [0.1, 0.15) is 6.04 Å². The van der Waals surface area contributed by atoms with Crippen molar-refractivity contribution in [1.29, 1.82) is 0 Å². The molecule has 92 valence electrons. The lowest BCUT2D eigenvalue weighted by Gasteiger charge is -2.20. The van der Waals surface area contributed by atoms with Crippen LogP contribution in [0.3, 0.4) is 0 Å². The van der Waals surface area contributed by atoms with E-state index in [4.69, 9.17) is 9.47 Å². The molecule has 1 aliphatic rings. The van der Waals surface area contributed by atoms with Crippen molar-refractivity contribution in [2.45, 2.75) is 6.04 Å². The van der Waals surface area contributed by atoms with Crippen molar-refractivity contribution in [3.63, 3.8) is 0 Å². The van der Waals surface area contributed by atoms with Gasteiger partial charge in [-0.15, -0.1) is 0 Å². The Labute approximate surface area is 107 Å². The second kappa shape index (κ2) is 4.54. The molecule has 0 saturated carbocycles. The topological polar surface area (TPSA) is 59.0 Å². The van der Waals surface area contributed by atoms with Gasteiger partial charge in [-0.05, 0) is 47.7 Å². The number of carbonyl (C=O) groups is 1. The maximum Gasteiger partial charge on any atom is 0.325 e. The van der Waals surface area contributed by atoms with Crippen LogP contribution in [0.15, 0.2) is 16.6 Å². The number of fused-ring (bicyclic) bond motifs is 1. The molecule has 1 aromatic carbocycles. The molecule has 1 heterocycles. The molecule has 0 aliphatic carbocycles. The van der Waals surface area contributed by atoms with E-state index in [1.165, 1.54) is 0 Å². The first-order valence-corrected chi connectivity index (χ1v) is 5.78. The lowest BCUT2D eigenvalue weighted by Crippen LogP contribution is -2.27. The normalized spacial score (nSPS) is 15.1. The Morgan fingerprint density at radius 3 is 2.76 bits per heavy atom. The van der Waals surface area contributed by atoms with E-state index in [1.54, 1.807) is 31.1 Å². The van der Waals surface area contributed by atoms with Crippen LogP contribution in [0.5, 0.6) is 11.5 Å². The molecule has 0 radical (unpaired) electrons. The van der Waals surface area contributed by atoms with Crippen LogP contribution >= 0.6 is 15.9 Å². The molecule has 1 atom stereocenters. The highest BCUT2D eigenvalue weighted by Crippen LogP contribution is 2.41. The Bertz CT molecular complexity index is 461. The molecule has 1 aliphatic heterocycles. The number of carboxylic acid groups (broad SMARTS) is 1. The van der Waals surface area contributed by atoms with Crippen LogP contribution in [0.1, 0.15) is 11.6 Å². The SMILES string of the molecule is CN(C)C(C(=O)O)c1cc(Br)c2c(c1)OCO2. The van der Waals surface area contributed by atoms with Gasteiger partial charge in [0.25, 0.3) is 0 Å². The highest BCUT2D eigenvalue weighted by Gasteiger charge is 2.26. The standard InChI is InChI=1S/C11H12BrNO4/c1-13(2)9(11(14)15)6-3-7(12)10-8(4-6)16-5-17-10/h3-4,9H,5H2,1-2H3,(H,14,15). The fourth-order valence-corrected chi connectivity index (χ4v) is 2.38. The average Bonchev–Trinajstić information content (AvgIpc) is 2.64. The molecule has 1 unspecified atom stereocenters. The summed E-state index contributed by atoms with van der Waals surface area (Å²) < 4.78 is 11.2. The molecule has 1 aromatic rings. The smallest absolute Gasteiger partial charge is 0.325 e. The summed E-state index contributed by atoms with van der Waals surface area (Å²) in [7, 11) is 3.44. The van der Waals surface area contributed by atoms with Crippen LogP contribution in [0.4, 0.5) is 0 Å². The van der Waals surface area contributed by atoms with Gasteiger partial charge in [0.05, 0.1) is 4.47 Å². The molecule has 0 saturated heterocycles. The summed E-state index contributed by atoms with van der Waals surface area (Å²) in [5, 5.41) is 9.21. The zero-order chi connectivity index (χ0) is 12.6. The first kappa shape index (κ1) is 12.2. The van der Waals surface area contributed by atoms with Crippen LogP contribution in [0.2, 0.25) is 0 Å². The number of hydrogen-bond acceptors (Lipinski definition) is 4. The number of nitrogens with zero attached hydrogens (tertiary/aromatic N) is 1. The summed E-state index contributed by atoms with van der Waals surface area (Å²) in [6.07, 6.45) is 0. The van der Waals surface area contributed by atoms with Crippen molar-refractivity contribution >= 4 is 21.9 Å². The zero-order valence-corrected chi connectivity index (χ0v) is 11.0. The van der Waals surface area contributed by atoms with Crippen molar-refractivity contribution in [3.05, 3.63) is 22.2 Å². The molecule has 0 spiro atoms. The van der Waals surface area contributed by atoms with Gasteiger partial charge < -0.3 is 14.6 Å². The van der Waals surface area contributed by atoms with E-state index < -0.39 is 12.0 Å². The summed E-state index contributed by atoms with van der Waals surface area (Å²) in [5.74, 6) is 0.292. The van der Waals surface area contributed by atoms with Gasteiger partial charge in [-0.3, -0.25) is 9.69 Å². The molecule has 1 N–H and O–H groups in total. The summed E-state index contributed by atoms with van der Waals surface area (Å²) >= 11 is 3.35. The summed E-state index contributed by atoms with van der Waals surface area (Å²) in [5.41, 5.74) is 0.652. The van der Waals surface area contributed by atoms with Crippen LogP contribution in [0.25, 0.3) is 0 Å². The summed E-state index contributed by atoms with van der Waals surface area (Å²) in [6.45, 7) is 0.164. The van der Waals surface area contributed by atoms with Gasteiger partial charge in [-0.25, -0.2) is 0 Å². The lowest BCUT2D eigenvalue weighted by molar-refractivity contribution is -0.142. The van der Waals surface area contributed by atoms with Gasteiger partial charge in [0.2, 0.25) is 6.79 Å². The van der Waals surface area contributed by atoms with Gasteiger partial charge in [-0.1, -0.05) is 0 Å². The zero-order valence-electron chi connectivity index (χ0n) is 9.44. The third-order valence-corrected chi connectivity index (χ3v) is 3.10.